The van der Waals surface area contributed by atoms with E-state index in [1.807, 2.05) is 48.5 Å². The Morgan fingerprint density at radius 1 is 0.679 bits per heavy atom. The number of nitrogens with zero attached hydrogens (tertiary/aromatic N) is 4. The van der Waals surface area contributed by atoms with E-state index in [1.165, 1.54) is 0 Å². The van der Waals surface area contributed by atoms with Gasteiger partial charge in [-0.05, 0) is 48.5 Å². The first-order valence-corrected chi connectivity index (χ1v) is 19.0. The third kappa shape index (κ3) is 6.17. The summed E-state index contributed by atoms with van der Waals surface area (Å²) in [6, 6.07) is 15.8. The van der Waals surface area contributed by atoms with Crippen LogP contribution in [-0.2, 0) is 14.5 Å². The number of anilines is 2. The molecule has 9 heteroatoms. The fourth-order valence-corrected chi connectivity index (χ4v) is 3.20. The number of hydrogen-bond acceptors (Lipinski definition) is 4. The molecule has 0 N–H and O–H groups in total. The second-order valence-corrected chi connectivity index (χ2v) is 16.9. The zero-order valence-electron chi connectivity index (χ0n) is 14.7. The van der Waals surface area contributed by atoms with E-state index in [-0.39, 0.29) is 14.5 Å². The van der Waals surface area contributed by atoms with E-state index in [2.05, 4.69) is 71.0 Å². The van der Waals surface area contributed by atoms with Gasteiger partial charge in [-0.2, -0.15) is 0 Å². The molecule has 0 atom stereocenters. The van der Waals surface area contributed by atoms with Crippen molar-refractivity contribution in [2.24, 2.45) is 0 Å². The molecule has 0 radical (unpaired) electrons. The molecule has 0 amide bonds. The summed E-state index contributed by atoms with van der Waals surface area (Å²) in [5, 5.41) is 1.52. The molecule has 0 spiro atoms. The van der Waals surface area contributed by atoms with Gasteiger partial charge in [0.05, 0.1) is 20.0 Å². The van der Waals surface area contributed by atoms with Crippen LogP contribution < -0.4 is 9.80 Å². The van der Waals surface area contributed by atoms with Crippen LogP contribution in [0.2, 0.25) is 10.0 Å². The molecule has 0 fully saturated rings. The van der Waals surface area contributed by atoms with Gasteiger partial charge in [0.2, 0.25) is 0 Å². The van der Waals surface area contributed by atoms with Crippen molar-refractivity contribution in [2.75, 3.05) is 29.8 Å². The molecule has 2 aromatic rings. The van der Waals surface area contributed by atoms with Crippen LogP contribution in [0, 0.1) is 0 Å². The SMILES string of the molecule is Clc1ccc(N2C=CN(CN3C=CN(c4ccc(Cl)cc4)C3)C2)cc1.[Br][Pt][Br]. The van der Waals surface area contributed by atoms with Crippen LogP contribution in [0.25, 0.3) is 0 Å². The van der Waals surface area contributed by atoms with Crippen LogP contribution in [0.15, 0.2) is 73.3 Å². The molecule has 0 unspecified atom stereocenters. The summed E-state index contributed by atoms with van der Waals surface area (Å²) in [5.74, 6) is 0. The predicted octanol–water partition coefficient (Wildman–Crippen LogP) is 6.44. The first-order chi connectivity index (χ1) is 13.6. The van der Waals surface area contributed by atoms with Gasteiger partial charge in [-0.3, -0.25) is 0 Å². The summed E-state index contributed by atoms with van der Waals surface area (Å²) >= 11 is 18.5. The maximum absolute atomic E-state index is 5.96. The molecular formula is C19H18Br2Cl2N4Pt. The first kappa shape index (κ1) is 22.0. The molecular weight excluding hydrogens is 710 g/mol. The number of rotatable bonds is 4. The molecule has 2 aliphatic rings. The molecule has 0 aliphatic carbocycles. The standard InChI is InChI=1S/C19H18Cl2N4.2BrH.Pt/c20-16-1-5-18(6-2-16)24-11-9-22(14-24)13-23-10-12-25(15-23)19-7-3-17(21)4-8-19;;;/h1-12H,13-15H2;2*1H;/q;;;+2/p-2. The monoisotopic (exact) mass is 725 g/mol. The van der Waals surface area contributed by atoms with E-state index in [4.69, 9.17) is 23.2 Å². The van der Waals surface area contributed by atoms with E-state index >= 15 is 0 Å². The molecule has 2 aromatic carbocycles. The van der Waals surface area contributed by atoms with Crippen molar-refractivity contribution in [1.82, 2.24) is 9.80 Å². The summed E-state index contributed by atoms with van der Waals surface area (Å²) in [6.45, 7) is 2.49. The summed E-state index contributed by atoms with van der Waals surface area (Å²) in [4.78, 5) is 8.94. The van der Waals surface area contributed by atoms with Crippen molar-refractivity contribution < 1.29 is 14.5 Å². The molecule has 0 saturated heterocycles. The molecule has 0 bridgehead atoms. The third-order valence-corrected chi connectivity index (χ3v) is 4.77. The number of hydrogen-bond donors (Lipinski definition) is 0. The second-order valence-electron chi connectivity index (χ2n) is 6.14. The van der Waals surface area contributed by atoms with E-state index < -0.39 is 0 Å². The molecule has 2 aliphatic heterocycles. The van der Waals surface area contributed by atoms with E-state index in [9.17, 15) is 0 Å². The van der Waals surface area contributed by atoms with Gasteiger partial charge >= 0.3 is 41.0 Å². The number of benzene rings is 2. The Morgan fingerprint density at radius 3 is 1.39 bits per heavy atom. The first-order valence-electron chi connectivity index (χ1n) is 8.30. The zero-order valence-corrected chi connectivity index (χ0v) is 21.6. The molecule has 4 rings (SSSR count). The van der Waals surface area contributed by atoms with Crippen molar-refractivity contribution in [2.45, 2.75) is 0 Å². The van der Waals surface area contributed by atoms with Gasteiger partial charge in [0.25, 0.3) is 0 Å². The summed E-state index contributed by atoms with van der Waals surface area (Å²) in [7, 11) is 0. The Labute approximate surface area is 197 Å². The average molecular weight is 728 g/mol. The normalized spacial score (nSPS) is 15.4. The van der Waals surface area contributed by atoms with Crippen molar-refractivity contribution in [3.05, 3.63) is 83.4 Å². The molecule has 0 saturated carbocycles. The molecule has 28 heavy (non-hydrogen) atoms. The van der Waals surface area contributed by atoms with Crippen molar-refractivity contribution in [1.29, 1.82) is 0 Å². The van der Waals surface area contributed by atoms with Gasteiger partial charge in [-0.1, -0.05) is 23.2 Å². The Kier molecular flexibility index (Phi) is 8.61. The summed E-state index contributed by atoms with van der Waals surface area (Å²) < 4.78 is 0. The van der Waals surface area contributed by atoms with Crippen LogP contribution in [0.1, 0.15) is 0 Å². The zero-order chi connectivity index (χ0) is 19.9. The van der Waals surface area contributed by atoms with E-state index in [0.717, 1.165) is 41.4 Å². The molecule has 152 valence electrons. The van der Waals surface area contributed by atoms with E-state index in [1.54, 1.807) is 0 Å². The summed E-state index contributed by atoms with van der Waals surface area (Å²) in [5.41, 5.74) is 2.28. The van der Waals surface area contributed by atoms with Crippen molar-refractivity contribution in [3.8, 4) is 0 Å². The molecule has 4 nitrogen and oxygen atoms in total. The Hall–Kier alpha value is -0.652. The quantitative estimate of drug-likeness (QED) is 0.360. The minimum atomic E-state index is 0.208. The Balaban J connectivity index is 0.000000706. The minimum absolute atomic E-state index is 0.208. The van der Waals surface area contributed by atoms with Gasteiger partial charge in [-0.25, -0.2) is 0 Å². The Bertz CT molecular complexity index is 750. The molecule has 0 aromatic heterocycles. The fraction of sp³-hybridized carbons (Fsp3) is 0.158. The summed E-state index contributed by atoms with van der Waals surface area (Å²) in [6.07, 6.45) is 8.43. The van der Waals surface area contributed by atoms with Crippen molar-refractivity contribution in [3.63, 3.8) is 0 Å². The van der Waals surface area contributed by atoms with Gasteiger partial charge < -0.3 is 19.6 Å². The van der Waals surface area contributed by atoms with Gasteiger partial charge in [-0.15, -0.1) is 0 Å². The van der Waals surface area contributed by atoms with Crippen LogP contribution in [-0.4, -0.2) is 29.8 Å². The average Bonchev–Trinajstić information content (AvgIpc) is 3.34. The van der Waals surface area contributed by atoms with Crippen LogP contribution >= 0.6 is 49.8 Å². The van der Waals surface area contributed by atoms with Gasteiger partial charge in [0.15, 0.2) is 0 Å². The predicted molar refractivity (Wildman–Crippen MR) is 122 cm³/mol. The number of halogens is 4. The van der Waals surface area contributed by atoms with E-state index in [0.29, 0.717) is 0 Å². The van der Waals surface area contributed by atoms with Crippen LogP contribution in [0.4, 0.5) is 11.4 Å². The van der Waals surface area contributed by atoms with Gasteiger partial charge in [0.1, 0.15) is 0 Å². The fourth-order valence-electron chi connectivity index (χ4n) is 2.95. The van der Waals surface area contributed by atoms with Crippen LogP contribution in [0.3, 0.4) is 0 Å². The van der Waals surface area contributed by atoms with Gasteiger partial charge in [0, 0.05) is 46.2 Å². The second kappa shape index (κ2) is 10.9. The maximum atomic E-state index is 5.96. The van der Waals surface area contributed by atoms with Crippen molar-refractivity contribution >= 4 is 61.2 Å². The molecule has 2 heterocycles. The third-order valence-electron chi connectivity index (χ3n) is 4.26. The van der Waals surface area contributed by atoms with Crippen LogP contribution in [0.5, 0.6) is 0 Å². The topological polar surface area (TPSA) is 13.0 Å². The Morgan fingerprint density at radius 2 is 1.04 bits per heavy atom.